The van der Waals surface area contributed by atoms with Crippen LogP contribution in [0, 0.1) is 0 Å². The summed E-state index contributed by atoms with van der Waals surface area (Å²) >= 11 is 1.47. The maximum absolute atomic E-state index is 5.81. The summed E-state index contributed by atoms with van der Waals surface area (Å²) in [6.07, 6.45) is 0. The first-order valence-corrected chi connectivity index (χ1v) is 8.21. The molecule has 0 amide bonds. The van der Waals surface area contributed by atoms with Crippen LogP contribution in [0.15, 0.2) is 24.3 Å². The third kappa shape index (κ3) is 3.51. The number of hydrogen-bond acceptors (Lipinski definition) is 6. The number of fused-ring (bicyclic) bond motifs is 1. The minimum atomic E-state index is 0.143. The van der Waals surface area contributed by atoms with Gasteiger partial charge in [0.1, 0.15) is 19.0 Å². The van der Waals surface area contributed by atoms with Crippen molar-refractivity contribution in [3.63, 3.8) is 0 Å². The van der Waals surface area contributed by atoms with Crippen LogP contribution in [0.3, 0.4) is 0 Å². The molecule has 0 saturated carbocycles. The van der Waals surface area contributed by atoms with Gasteiger partial charge in [0.25, 0.3) is 0 Å². The van der Waals surface area contributed by atoms with Gasteiger partial charge in [-0.05, 0) is 23.1 Å². The van der Waals surface area contributed by atoms with Gasteiger partial charge in [0, 0.05) is 7.11 Å². The zero-order valence-corrected chi connectivity index (χ0v) is 14.6. The third-order valence-electron chi connectivity index (χ3n) is 3.45. The molecular weight excluding hydrogens is 312 g/mol. The van der Waals surface area contributed by atoms with Crippen molar-refractivity contribution in [2.45, 2.75) is 39.4 Å². The monoisotopic (exact) mass is 332 g/mol. The molecule has 122 valence electrons. The largest absolute Gasteiger partial charge is 0.486 e. The van der Waals surface area contributed by atoms with Crippen LogP contribution in [0.1, 0.15) is 37.2 Å². The maximum atomic E-state index is 5.81. The van der Waals surface area contributed by atoms with Gasteiger partial charge in [-0.2, -0.15) is 9.61 Å². The van der Waals surface area contributed by atoms with E-state index in [1.165, 1.54) is 16.9 Å². The molecule has 3 rings (SSSR count). The number of nitrogens with zero attached hydrogens (tertiary/aromatic N) is 4. The van der Waals surface area contributed by atoms with Gasteiger partial charge in [-0.1, -0.05) is 44.2 Å². The Morgan fingerprint density at radius 2 is 1.83 bits per heavy atom. The SMILES string of the molecule is COCc1nnc2sc(COc3ccc(C(C)(C)C)cc3)nn12. The molecule has 23 heavy (non-hydrogen) atoms. The minimum absolute atomic E-state index is 0.143. The van der Waals surface area contributed by atoms with E-state index in [-0.39, 0.29) is 5.41 Å². The van der Waals surface area contributed by atoms with Crippen molar-refractivity contribution >= 4 is 16.3 Å². The fourth-order valence-electron chi connectivity index (χ4n) is 2.17. The van der Waals surface area contributed by atoms with Gasteiger partial charge in [0.2, 0.25) is 4.96 Å². The first-order chi connectivity index (χ1) is 11.0. The van der Waals surface area contributed by atoms with E-state index in [1.54, 1.807) is 11.6 Å². The Labute approximate surface area is 139 Å². The molecule has 0 saturated heterocycles. The van der Waals surface area contributed by atoms with Crippen molar-refractivity contribution in [2.24, 2.45) is 0 Å². The van der Waals surface area contributed by atoms with Crippen LogP contribution in [0.25, 0.3) is 4.96 Å². The molecular formula is C16H20N4O2S. The Morgan fingerprint density at radius 1 is 1.09 bits per heavy atom. The Bertz CT molecular complexity index is 787. The van der Waals surface area contributed by atoms with Crippen LogP contribution in [0.5, 0.6) is 5.75 Å². The Balaban J connectivity index is 1.68. The molecule has 1 aromatic carbocycles. The quantitative estimate of drug-likeness (QED) is 0.718. The highest BCUT2D eigenvalue weighted by Gasteiger charge is 2.14. The molecule has 0 atom stereocenters. The highest BCUT2D eigenvalue weighted by atomic mass is 32.1. The van der Waals surface area contributed by atoms with Gasteiger partial charge < -0.3 is 9.47 Å². The molecule has 6 nitrogen and oxygen atoms in total. The van der Waals surface area contributed by atoms with E-state index in [0.29, 0.717) is 19.0 Å². The zero-order valence-electron chi connectivity index (χ0n) is 13.7. The van der Waals surface area contributed by atoms with Crippen LogP contribution in [0.2, 0.25) is 0 Å². The first-order valence-electron chi connectivity index (χ1n) is 7.39. The first kappa shape index (κ1) is 15.9. The molecule has 2 heterocycles. The number of hydrogen-bond donors (Lipinski definition) is 0. The molecule has 0 radical (unpaired) electrons. The van der Waals surface area contributed by atoms with Gasteiger partial charge in [-0.15, -0.1) is 10.2 Å². The lowest BCUT2D eigenvalue weighted by molar-refractivity contribution is 0.176. The van der Waals surface area contributed by atoms with Gasteiger partial charge in [0.05, 0.1) is 0 Å². The molecule has 0 spiro atoms. The summed E-state index contributed by atoms with van der Waals surface area (Å²) < 4.78 is 12.6. The second kappa shape index (κ2) is 6.25. The van der Waals surface area contributed by atoms with Crippen LogP contribution in [0.4, 0.5) is 0 Å². The average Bonchev–Trinajstić information content (AvgIpc) is 3.07. The van der Waals surface area contributed by atoms with E-state index < -0.39 is 0 Å². The zero-order chi connectivity index (χ0) is 16.4. The summed E-state index contributed by atoms with van der Waals surface area (Å²) in [6, 6.07) is 8.20. The summed E-state index contributed by atoms with van der Waals surface area (Å²) in [5.74, 6) is 1.53. The van der Waals surface area contributed by atoms with E-state index in [2.05, 4.69) is 48.2 Å². The molecule has 0 aliphatic heterocycles. The minimum Gasteiger partial charge on any atom is -0.486 e. The van der Waals surface area contributed by atoms with E-state index in [1.807, 2.05) is 12.1 Å². The fraction of sp³-hybridized carbons (Fsp3) is 0.438. The Morgan fingerprint density at radius 3 is 2.48 bits per heavy atom. The number of methoxy groups -OCH3 is 1. The summed E-state index contributed by atoms with van der Waals surface area (Å²) in [7, 11) is 1.62. The third-order valence-corrected chi connectivity index (χ3v) is 4.33. The smallest absolute Gasteiger partial charge is 0.234 e. The standard InChI is InChI=1S/C16H20N4O2S/c1-16(2,3)11-5-7-12(8-6-11)22-10-14-19-20-13(9-21-4)17-18-15(20)23-14/h5-8H,9-10H2,1-4H3. The summed E-state index contributed by atoms with van der Waals surface area (Å²) in [5, 5.41) is 13.4. The highest BCUT2D eigenvalue weighted by molar-refractivity contribution is 7.16. The maximum Gasteiger partial charge on any atom is 0.234 e. The predicted molar refractivity (Wildman–Crippen MR) is 88.8 cm³/mol. The lowest BCUT2D eigenvalue weighted by Gasteiger charge is -2.19. The lowest BCUT2D eigenvalue weighted by atomic mass is 9.87. The molecule has 2 aromatic heterocycles. The van der Waals surface area contributed by atoms with Crippen LogP contribution in [-0.2, 0) is 23.4 Å². The molecule has 3 aromatic rings. The lowest BCUT2D eigenvalue weighted by Crippen LogP contribution is -2.10. The second-order valence-corrected chi connectivity index (χ2v) is 7.34. The average molecular weight is 332 g/mol. The van der Waals surface area contributed by atoms with Crippen molar-refractivity contribution in [2.75, 3.05) is 7.11 Å². The van der Waals surface area contributed by atoms with E-state index >= 15 is 0 Å². The van der Waals surface area contributed by atoms with Crippen molar-refractivity contribution < 1.29 is 9.47 Å². The molecule has 0 N–H and O–H groups in total. The van der Waals surface area contributed by atoms with Crippen molar-refractivity contribution in [1.29, 1.82) is 0 Å². The predicted octanol–water partition coefficient (Wildman–Crippen LogP) is 3.21. The van der Waals surface area contributed by atoms with Crippen molar-refractivity contribution in [3.8, 4) is 5.75 Å². The van der Waals surface area contributed by atoms with Crippen molar-refractivity contribution in [3.05, 3.63) is 40.7 Å². The second-order valence-electron chi connectivity index (χ2n) is 6.30. The number of aromatic nitrogens is 4. The Hall–Kier alpha value is -1.99. The number of ether oxygens (including phenoxy) is 2. The van der Waals surface area contributed by atoms with E-state index in [4.69, 9.17) is 9.47 Å². The fourth-order valence-corrected chi connectivity index (χ4v) is 2.94. The molecule has 0 fully saturated rings. The molecule has 7 heteroatoms. The van der Waals surface area contributed by atoms with E-state index in [0.717, 1.165) is 15.7 Å². The van der Waals surface area contributed by atoms with Gasteiger partial charge >= 0.3 is 0 Å². The molecule has 0 aliphatic rings. The van der Waals surface area contributed by atoms with Gasteiger partial charge in [-0.25, -0.2) is 0 Å². The summed E-state index contributed by atoms with van der Waals surface area (Å²) in [6.45, 7) is 7.38. The van der Waals surface area contributed by atoms with Crippen LogP contribution >= 0.6 is 11.3 Å². The molecule has 0 bridgehead atoms. The Kier molecular flexibility index (Phi) is 4.32. The number of benzene rings is 1. The van der Waals surface area contributed by atoms with E-state index in [9.17, 15) is 0 Å². The van der Waals surface area contributed by atoms with Gasteiger partial charge in [0.15, 0.2) is 10.8 Å². The summed E-state index contributed by atoms with van der Waals surface area (Å²) in [4.78, 5) is 0.749. The topological polar surface area (TPSA) is 61.5 Å². The van der Waals surface area contributed by atoms with Crippen LogP contribution < -0.4 is 4.74 Å². The highest BCUT2D eigenvalue weighted by Crippen LogP contribution is 2.25. The molecule has 0 unspecified atom stereocenters. The number of rotatable bonds is 5. The normalized spacial score (nSPS) is 12.0. The van der Waals surface area contributed by atoms with Crippen LogP contribution in [-0.4, -0.2) is 26.9 Å². The van der Waals surface area contributed by atoms with Gasteiger partial charge in [-0.3, -0.25) is 0 Å². The van der Waals surface area contributed by atoms with Crippen molar-refractivity contribution in [1.82, 2.24) is 19.8 Å². The summed E-state index contributed by atoms with van der Waals surface area (Å²) in [5.41, 5.74) is 1.43. The molecule has 0 aliphatic carbocycles.